The molecule has 0 spiro atoms. The quantitative estimate of drug-likeness (QED) is 0.862. The van der Waals surface area contributed by atoms with Gasteiger partial charge in [0.15, 0.2) is 0 Å². The van der Waals surface area contributed by atoms with Crippen LogP contribution < -0.4 is 10.3 Å². The number of halogens is 1. The second-order valence-electron chi connectivity index (χ2n) is 3.27. The molecule has 1 heterocycles. The first kappa shape index (κ1) is 11.1. The average molecular weight is 328 g/mol. The standard InChI is InChI=1S/C11H9IN2O2/c1-7-3-2-4-8(5-7)16-11-9(12)10(15)13-6-14-11/h2-6H,1H3,(H,13,14,15). The van der Waals surface area contributed by atoms with Crippen molar-refractivity contribution in [1.29, 1.82) is 0 Å². The Morgan fingerprint density at radius 2 is 2.25 bits per heavy atom. The lowest BCUT2D eigenvalue weighted by molar-refractivity contribution is 0.456. The molecule has 1 N–H and O–H groups in total. The van der Waals surface area contributed by atoms with Crippen LogP contribution in [0.1, 0.15) is 5.56 Å². The van der Waals surface area contributed by atoms with Gasteiger partial charge in [-0.25, -0.2) is 4.98 Å². The normalized spacial score (nSPS) is 10.1. The monoisotopic (exact) mass is 328 g/mol. The van der Waals surface area contributed by atoms with Crippen molar-refractivity contribution < 1.29 is 4.74 Å². The van der Waals surface area contributed by atoms with E-state index in [-0.39, 0.29) is 5.56 Å². The molecule has 2 aromatic rings. The van der Waals surface area contributed by atoms with Crippen LogP contribution in [-0.4, -0.2) is 9.97 Å². The van der Waals surface area contributed by atoms with Gasteiger partial charge in [0.2, 0.25) is 5.88 Å². The topological polar surface area (TPSA) is 55.0 Å². The van der Waals surface area contributed by atoms with Crippen LogP contribution in [0.4, 0.5) is 0 Å². The molecule has 0 saturated carbocycles. The summed E-state index contributed by atoms with van der Waals surface area (Å²) in [7, 11) is 0. The maximum Gasteiger partial charge on any atom is 0.268 e. The third kappa shape index (κ3) is 2.41. The summed E-state index contributed by atoms with van der Waals surface area (Å²) in [5.41, 5.74) is 0.899. The smallest absolute Gasteiger partial charge is 0.268 e. The van der Waals surface area contributed by atoms with Gasteiger partial charge in [-0.05, 0) is 47.2 Å². The van der Waals surface area contributed by atoms with Gasteiger partial charge < -0.3 is 9.72 Å². The van der Waals surface area contributed by atoms with Gasteiger partial charge in [0.05, 0.1) is 6.33 Å². The number of aryl methyl sites for hydroxylation is 1. The van der Waals surface area contributed by atoms with Gasteiger partial charge in [0.25, 0.3) is 5.56 Å². The van der Waals surface area contributed by atoms with Crippen molar-refractivity contribution in [1.82, 2.24) is 9.97 Å². The molecule has 0 amide bonds. The predicted molar refractivity (Wildman–Crippen MR) is 68.8 cm³/mol. The molecule has 1 aromatic heterocycles. The number of ether oxygens (including phenoxy) is 1. The molecule has 0 aliphatic rings. The van der Waals surface area contributed by atoms with Crippen LogP contribution in [0, 0.1) is 10.5 Å². The zero-order valence-electron chi connectivity index (χ0n) is 8.53. The average Bonchev–Trinajstić information content (AvgIpc) is 2.25. The first-order chi connectivity index (χ1) is 7.66. The highest BCUT2D eigenvalue weighted by Gasteiger charge is 2.07. The number of H-pyrrole nitrogens is 1. The number of nitrogens with zero attached hydrogens (tertiary/aromatic N) is 1. The molecule has 1 aromatic carbocycles. The van der Waals surface area contributed by atoms with Gasteiger partial charge >= 0.3 is 0 Å². The number of nitrogens with one attached hydrogen (secondary N) is 1. The number of rotatable bonds is 2. The van der Waals surface area contributed by atoms with E-state index in [1.807, 2.05) is 53.8 Å². The molecule has 82 valence electrons. The Labute approximate surface area is 106 Å². The minimum Gasteiger partial charge on any atom is -0.438 e. The van der Waals surface area contributed by atoms with Crippen molar-refractivity contribution >= 4 is 22.6 Å². The fourth-order valence-corrected chi connectivity index (χ4v) is 1.63. The Kier molecular flexibility index (Phi) is 3.23. The lowest BCUT2D eigenvalue weighted by Gasteiger charge is -2.05. The van der Waals surface area contributed by atoms with Crippen molar-refractivity contribution in [3.8, 4) is 11.6 Å². The van der Waals surface area contributed by atoms with Gasteiger partial charge in [0.1, 0.15) is 9.32 Å². The van der Waals surface area contributed by atoms with Crippen molar-refractivity contribution in [3.05, 3.63) is 50.1 Å². The molecule has 0 aliphatic heterocycles. The SMILES string of the molecule is Cc1cccc(Oc2nc[nH]c(=O)c2I)c1. The van der Waals surface area contributed by atoms with Gasteiger partial charge in [0, 0.05) is 0 Å². The van der Waals surface area contributed by atoms with Crippen LogP contribution in [0.3, 0.4) is 0 Å². The van der Waals surface area contributed by atoms with E-state index in [0.29, 0.717) is 15.2 Å². The van der Waals surface area contributed by atoms with Crippen LogP contribution >= 0.6 is 22.6 Å². The number of hydrogen-bond donors (Lipinski definition) is 1. The molecule has 0 fully saturated rings. The molecular formula is C11H9IN2O2. The molecule has 0 bridgehead atoms. The van der Waals surface area contributed by atoms with Crippen molar-refractivity contribution in [2.75, 3.05) is 0 Å². The van der Waals surface area contributed by atoms with Gasteiger partial charge in [-0.1, -0.05) is 12.1 Å². The van der Waals surface area contributed by atoms with E-state index in [1.165, 1.54) is 6.33 Å². The molecule has 2 rings (SSSR count). The first-order valence-corrected chi connectivity index (χ1v) is 5.72. The minimum atomic E-state index is -0.196. The van der Waals surface area contributed by atoms with E-state index in [0.717, 1.165) is 5.56 Å². The van der Waals surface area contributed by atoms with Crippen LogP contribution in [0.2, 0.25) is 0 Å². The largest absolute Gasteiger partial charge is 0.438 e. The molecule has 5 heteroatoms. The summed E-state index contributed by atoms with van der Waals surface area (Å²) in [6.07, 6.45) is 1.33. The fraction of sp³-hybridized carbons (Fsp3) is 0.0909. The van der Waals surface area contributed by atoms with Gasteiger partial charge in [-0.2, -0.15) is 0 Å². The summed E-state index contributed by atoms with van der Waals surface area (Å²) < 4.78 is 5.98. The van der Waals surface area contributed by atoms with Crippen LogP contribution in [0.25, 0.3) is 0 Å². The molecule has 0 unspecified atom stereocenters. The van der Waals surface area contributed by atoms with E-state index < -0.39 is 0 Å². The van der Waals surface area contributed by atoms with E-state index in [4.69, 9.17) is 4.74 Å². The maximum atomic E-state index is 11.3. The zero-order valence-corrected chi connectivity index (χ0v) is 10.7. The molecule has 16 heavy (non-hydrogen) atoms. The first-order valence-electron chi connectivity index (χ1n) is 4.64. The molecule has 4 nitrogen and oxygen atoms in total. The Bertz CT molecular complexity index is 566. The summed E-state index contributed by atoms with van der Waals surface area (Å²) >= 11 is 1.91. The third-order valence-electron chi connectivity index (χ3n) is 1.97. The molecule has 0 saturated heterocycles. The lowest BCUT2D eigenvalue weighted by atomic mass is 10.2. The summed E-state index contributed by atoms with van der Waals surface area (Å²) in [4.78, 5) is 17.8. The summed E-state index contributed by atoms with van der Waals surface area (Å²) in [5, 5.41) is 0. The molecule has 0 aliphatic carbocycles. The highest BCUT2D eigenvalue weighted by molar-refractivity contribution is 14.1. The molecular weight excluding hydrogens is 319 g/mol. The second-order valence-corrected chi connectivity index (χ2v) is 4.35. The van der Waals surface area contributed by atoms with Crippen molar-refractivity contribution in [2.24, 2.45) is 0 Å². The summed E-state index contributed by atoms with van der Waals surface area (Å²) in [5.74, 6) is 1.01. The van der Waals surface area contributed by atoms with E-state index in [9.17, 15) is 4.79 Å². The highest BCUT2D eigenvalue weighted by atomic mass is 127. The Hall–Kier alpha value is -1.37. The molecule has 0 atom stereocenters. The maximum absolute atomic E-state index is 11.3. The lowest BCUT2D eigenvalue weighted by Crippen LogP contribution is -2.11. The van der Waals surface area contributed by atoms with E-state index >= 15 is 0 Å². The summed E-state index contributed by atoms with van der Waals surface area (Å²) in [6, 6.07) is 7.58. The fourth-order valence-electron chi connectivity index (χ4n) is 1.23. The number of benzene rings is 1. The van der Waals surface area contributed by atoms with E-state index in [2.05, 4.69) is 9.97 Å². The minimum absolute atomic E-state index is 0.196. The Balaban J connectivity index is 2.34. The van der Waals surface area contributed by atoms with Gasteiger partial charge in [-0.15, -0.1) is 0 Å². The van der Waals surface area contributed by atoms with Crippen LogP contribution in [0.15, 0.2) is 35.4 Å². The highest BCUT2D eigenvalue weighted by Crippen LogP contribution is 2.22. The van der Waals surface area contributed by atoms with E-state index in [1.54, 1.807) is 0 Å². The predicted octanol–water partition coefficient (Wildman–Crippen LogP) is 2.48. The molecule has 0 radical (unpaired) electrons. The van der Waals surface area contributed by atoms with Crippen LogP contribution in [-0.2, 0) is 0 Å². The Morgan fingerprint density at radius 3 is 3.00 bits per heavy atom. The number of aromatic amines is 1. The second kappa shape index (κ2) is 4.65. The Morgan fingerprint density at radius 1 is 1.44 bits per heavy atom. The number of aromatic nitrogens is 2. The van der Waals surface area contributed by atoms with Crippen LogP contribution in [0.5, 0.6) is 11.6 Å². The summed E-state index contributed by atoms with van der Waals surface area (Å²) in [6.45, 7) is 1.98. The van der Waals surface area contributed by atoms with Crippen molar-refractivity contribution in [3.63, 3.8) is 0 Å². The zero-order chi connectivity index (χ0) is 11.5. The van der Waals surface area contributed by atoms with Gasteiger partial charge in [-0.3, -0.25) is 4.79 Å². The number of hydrogen-bond acceptors (Lipinski definition) is 3. The van der Waals surface area contributed by atoms with Crippen molar-refractivity contribution in [2.45, 2.75) is 6.92 Å². The third-order valence-corrected chi connectivity index (χ3v) is 2.92.